The van der Waals surface area contributed by atoms with E-state index in [0.717, 1.165) is 11.2 Å². The summed E-state index contributed by atoms with van der Waals surface area (Å²) >= 11 is 0. The van der Waals surface area contributed by atoms with Crippen LogP contribution in [-0.4, -0.2) is 63.5 Å². The molecule has 0 aromatic carbocycles. The van der Waals surface area contributed by atoms with E-state index in [1.54, 1.807) is 7.11 Å². The first-order valence-corrected chi connectivity index (χ1v) is 6.17. The molecule has 0 radical (unpaired) electrons. The van der Waals surface area contributed by atoms with Gasteiger partial charge in [0.1, 0.15) is 0 Å². The van der Waals surface area contributed by atoms with E-state index in [1.165, 1.54) is 51.9 Å². The van der Waals surface area contributed by atoms with Gasteiger partial charge >= 0.3 is 0 Å². The van der Waals surface area contributed by atoms with Crippen molar-refractivity contribution in [1.29, 1.82) is 0 Å². The highest BCUT2D eigenvalue weighted by atomic mass is 127. The number of quaternary nitrogens is 1. The Kier molecular flexibility index (Phi) is 8.99. The average molecular weight is 342 g/mol. The van der Waals surface area contributed by atoms with Crippen molar-refractivity contribution >= 4 is 0 Å². The van der Waals surface area contributed by atoms with Gasteiger partial charge in [-0.05, 0) is 33.0 Å². The van der Waals surface area contributed by atoms with Crippen molar-refractivity contribution in [2.24, 2.45) is 0 Å². The van der Waals surface area contributed by atoms with Crippen LogP contribution in [0.2, 0.25) is 0 Å². The molecule has 2 aliphatic heterocycles. The molecule has 2 rings (SSSR count). The predicted octanol–water partition coefficient (Wildman–Crippen LogP) is -1.45. The molecule has 2 fully saturated rings. The van der Waals surface area contributed by atoms with E-state index in [1.807, 2.05) is 0 Å². The summed E-state index contributed by atoms with van der Waals surface area (Å²) in [5, 5.41) is 0. The van der Waals surface area contributed by atoms with E-state index in [9.17, 15) is 0 Å². The monoisotopic (exact) mass is 342 g/mol. The summed E-state index contributed by atoms with van der Waals surface area (Å²) in [6, 6.07) is 0. The van der Waals surface area contributed by atoms with Gasteiger partial charge in [0.25, 0.3) is 0 Å². The summed E-state index contributed by atoms with van der Waals surface area (Å²) < 4.78 is 6.22. The predicted molar refractivity (Wildman–Crippen MR) is 63.8 cm³/mol. The van der Waals surface area contributed by atoms with Gasteiger partial charge < -0.3 is 38.1 Å². The third-order valence-corrected chi connectivity index (χ3v) is 3.42. The number of ether oxygens (including phenoxy) is 1. The molecule has 0 atom stereocenters. The number of nitrogens with zero attached hydrogens (tertiary/aromatic N) is 2. The lowest BCUT2D eigenvalue weighted by molar-refractivity contribution is -0.916. The van der Waals surface area contributed by atoms with Gasteiger partial charge in [0.15, 0.2) is 6.73 Å². The molecule has 2 heterocycles. The summed E-state index contributed by atoms with van der Waals surface area (Å²) in [4.78, 5) is 2.36. The highest BCUT2D eigenvalue weighted by Crippen LogP contribution is 2.15. The number of halogens is 1. The Morgan fingerprint density at radius 1 is 1.06 bits per heavy atom. The molecule has 0 aromatic rings. The topological polar surface area (TPSA) is 12.5 Å². The molecule has 0 spiro atoms. The molecule has 3 nitrogen and oxygen atoms in total. The molecule has 0 aliphatic carbocycles. The first-order valence-electron chi connectivity index (χ1n) is 6.17. The molecule has 0 bridgehead atoms. The highest BCUT2D eigenvalue weighted by molar-refractivity contribution is 4.59. The zero-order chi connectivity index (χ0) is 11.1. The largest absolute Gasteiger partial charge is 1.00 e. The Bertz CT molecular complexity index is 166. The normalized spacial score (nSPS) is 23.4. The van der Waals surface area contributed by atoms with E-state index < -0.39 is 0 Å². The van der Waals surface area contributed by atoms with E-state index in [4.69, 9.17) is 4.74 Å². The van der Waals surface area contributed by atoms with Crippen molar-refractivity contribution in [3.05, 3.63) is 0 Å². The van der Waals surface area contributed by atoms with Crippen molar-refractivity contribution in [2.75, 3.05) is 54.1 Å². The fourth-order valence-corrected chi connectivity index (χ4v) is 2.41. The van der Waals surface area contributed by atoms with Gasteiger partial charge in [-0.2, -0.15) is 0 Å². The highest BCUT2D eigenvalue weighted by Gasteiger charge is 2.25. The first kappa shape index (κ1) is 16.6. The number of rotatable bonds is 2. The van der Waals surface area contributed by atoms with Gasteiger partial charge in [-0.1, -0.05) is 0 Å². The van der Waals surface area contributed by atoms with Crippen LogP contribution in [0.1, 0.15) is 25.7 Å². The zero-order valence-electron chi connectivity index (χ0n) is 11.0. The van der Waals surface area contributed by atoms with Crippen LogP contribution in [0, 0.1) is 0 Å². The Morgan fingerprint density at radius 2 is 1.56 bits per heavy atom. The smallest absolute Gasteiger partial charge is 0.182 e. The molecule has 0 aromatic heterocycles. The van der Waals surface area contributed by atoms with Crippen LogP contribution in [0.25, 0.3) is 0 Å². The summed E-state index contributed by atoms with van der Waals surface area (Å²) in [7, 11) is 6.21. The third-order valence-electron chi connectivity index (χ3n) is 3.42. The fourth-order valence-electron chi connectivity index (χ4n) is 2.41. The molecular formula is C12H27IN2O. The van der Waals surface area contributed by atoms with Gasteiger partial charge in [0, 0.05) is 20.0 Å². The minimum Gasteiger partial charge on any atom is -1.00 e. The molecule has 0 N–H and O–H groups in total. The molecule has 2 saturated heterocycles. The van der Waals surface area contributed by atoms with E-state index in [-0.39, 0.29) is 24.0 Å². The van der Waals surface area contributed by atoms with Gasteiger partial charge in [-0.3, -0.25) is 0 Å². The minimum absolute atomic E-state index is 0. The van der Waals surface area contributed by atoms with Crippen molar-refractivity contribution < 1.29 is 33.2 Å². The van der Waals surface area contributed by atoms with Crippen molar-refractivity contribution in [1.82, 2.24) is 4.90 Å². The van der Waals surface area contributed by atoms with E-state index >= 15 is 0 Å². The lowest BCUT2D eigenvalue weighted by Crippen LogP contribution is -3.00. The maximum absolute atomic E-state index is 5.10. The zero-order valence-corrected chi connectivity index (χ0v) is 13.2. The van der Waals surface area contributed by atoms with Crippen molar-refractivity contribution in [3.8, 4) is 0 Å². The lowest BCUT2D eigenvalue weighted by atomic mass is 10.4. The van der Waals surface area contributed by atoms with Crippen LogP contribution in [0.4, 0.5) is 0 Å². The molecule has 16 heavy (non-hydrogen) atoms. The molecule has 0 saturated carbocycles. The van der Waals surface area contributed by atoms with Crippen LogP contribution in [0.3, 0.4) is 0 Å². The SMILES string of the molecule is CN1CCCC1.COC[N+]1(C)CCCC1.[I-]. The number of methoxy groups -OCH3 is 1. The Labute approximate surface area is 118 Å². The van der Waals surface area contributed by atoms with E-state index in [0.29, 0.717) is 0 Å². The number of hydrogen-bond donors (Lipinski definition) is 0. The molecule has 2 aliphatic rings. The Morgan fingerprint density at radius 3 is 1.88 bits per heavy atom. The second-order valence-electron chi connectivity index (χ2n) is 5.20. The average Bonchev–Trinajstić information content (AvgIpc) is 2.79. The molecule has 0 amide bonds. The lowest BCUT2D eigenvalue weighted by Gasteiger charge is -2.27. The number of hydrogen-bond acceptors (Lipinski definition) is 2. The Balaban J connectivity index is 0.000000283. The molecule has 0 unspecified atom stereocenters. The maximum Gasteiger partial charge on any atom is 0.182 e. The van der Waals surface area contributed by atoms with E-state index in [2.05, 4.69) is 19.0 Å². The summed E-state index contributed by atoms with van der Waals surface area (Å²) in [6.07, 6.45) is 5.58. The van der Waals surface area contributed by atoms with Crippen LogP contribution in [-0.2, 0) is 4.74 Å². The van der Waals surface area contributed by atoms with Crippen molar-refractivity contribution in [2.45, 2.75) is 25.7 Å². The van der Waals surface area contributed by atoms with Gasteiger partial charge in [0.05, 0.1) is 20.1 Å². The second-order valence-corrected chi connectivity index (χ2v) is 5.20. The third kappa shape index (κ3) is 6.37. The van der Waals surface area contributed by atoms with Crippen molar-refractivity contribution in [3.63, 3.8) is 0 Å². The summed E-state index contributed by atoms with van der Waals surface area (Å²) in [5.74, 6) is 0. The van der Waals surface area contributed by atoms with Gasteiger partial charge in [-0.15, -0.1) is 0 Å². The van der Waals surface area contributed by atoms with Crippen LogP contribution >= 0.6 is 0 Å². The van der Waals surface area contributed by atoms with Crippen LogP contribution in [0.15, 0.2) is 0 Å². The van der Waals surface area contributed by atoms with Crippen LogP contribution < -0.4 is 24.0 Å². The van der Waals surface area contributed by atoms with Gasteiger partial charge in [-0.25, -0.2) is 0 Å². The Hall–Kier alpha value is 0.610. The maximum atomic E-state index is 5.10. The quantitative estimate of drug-likeness (QED) is 0.450. The first-order chi connectivity index (χ1) is 7.16. The van der Waals surface area contributed by atoms with Crippen LogP contribution in [0.5, 0.6) is 0 Å². The number of likely N-dealkylation sites (tertiary alicyclic amines) is 2. The standard InChI is InChI=1S/C7H16NO.C5H11N.HI/c1-8(7-9-2)5-3-4-6-8;1-6-4-2-3-5-6;/h3-7H2,1-2H3;2-5H2,1H3;1H/q+1;;/p-1. The molecular weight excluding hydrogens is 315 g/mol. The summed E-state index contributed by atoms with van der Waals surface area (Å²) in [5.41, 5.74) is 0. The second kappa shape index (κ2) is 8.66. The minimum atomic E-state index is 0. The summed E-state index contributed by atoms with van der Waals surface area (Å²) in [6.45, 7) is 6.13. The molecule has 4 heteroatoms. The fraction of sp³-hybridized carbons (Fsp3) is 1.00. The molecule has 98 valence electrons. The van der Waals surface area contributed by atoms with Gasteiger partial charge in [0.2, 0.25) is 0 Å².